The average molecular weight is 304 g/mol. The van der Waals surface area contributed by atoms with Crippen LogP contribution < -0.4 is 10.6 Å². The summed E-state index contributed by atoms with van der Waals surface area (Å²) in [4.78, 5) is 30.7. The summed E-state index contributed by atoms with van der Waals surface area (Å²) < 4.78 is 0. The molecular formula is C14H16N4O2S. The van der Waals surface area contributed by atoms with Crippen LogP contribution in [0.1, 0.15) is 17.3 Å². The Morgan fingerprint density at radius 3 is 2.62 bits per heavy atom. The minimum absolute atomic E-state index is 0.0675. The molecule has 0 radical (unpaired) electrons. The molecule has 2 N–H and O–H groups in total. The van der Waals surface area contributed by atoms with E-state index in [-0.39, 0.29) is 24.9 Å². The number of carbonyl (C=O) groups is 2. The third kappa shape index (κ3) is 3.14. The average Bonchev–Trinajstić information content (AvgIpc) is 2.79. The molecule has 7 heteroatoms. The number of hydrogen-bond donors (Lipinski definition) is 1. The second kappa shape index (κ2) is 6.55. The fourth-order valence-electron chi connectivity index (χ4n) is 2.01. The van der Waals surface area contributed by atoms with E-state index < -0.39 is 0 Å². The molecule has 1 aliphatic rings. The normalized spacial score (nSPS) is 15.3. The lowest BCUT2D eigenvalue weighted by Crippen LogP contribution is -2.32. The van der Waals surface area contributed by atoms with Gasteiger partial charge in [-0.15, -0.1) is 0 Å². The summed E-state index contributed by atoms with van der Waals surface area (Å²) in [5, 5.41) is 0.489. The van der Waals surface area contributed by atoms with E-state index in [0.29, 0.717) is 22.9 Å². The van der Waals surface area contributed by atoms with Gasteiger partial charge in [0.05, 0.1) is 12.2 Å². The predicted octanol–water partition coefficient (Wildman–Crippen LogP) is 0.810. The zero-order valence-corrected chi connectivity index (χ0v) is 12.5. The Morgan fingerprint density at radius 2 is 2.10 bits per heavy atom. The number of anilines is 1. The van der Waals surface area contributed by atoms with Crippen molar-refractivity contribution in [2.75, 3.05) is 24.5 Å². The maximum absolute atomic E-state index is 12.0. The van der Waals surface area contributed by atoms with Gasteiger partial charge in [0.1, 0.15) is 0 Å². The first-order valence-corrected chi connectivity index (χ1v) is 6.98. The standard InChI is InChI=1S/C14H16N4O2S/c1-2-17-9-12(19)18(14(17)21)11-5-3-10(4-6-11)13(20)16-8-7-15/h3-6,8H,2,7,9,15H2,1H3. The Labute approximate surface area is 128 Å². The van der Waals surface area contributed by atoms with Gasteiger partial charge in [-0.3, -0.25) is 14.5 Å². The molecule has 0 unspecified atom stereocenters. The van der Waals surface area contributed by atoms with Gasteiger partial charge in [-0.1, -0.05) is 0 Å². The summed E-state index contributed by atoms with van der Waals surface area (Å²) in [6.07, 6.45) is 1.36. The SMILES string of the molecule is CCN1CC(=O)N(c2ccc(C(=O)N=CCN)cc2)C1=S. The molecular weight excluding hydrogens is 288 g/mol. The first-order chi connectivity index (χ1) is 10.1. The molecule has 0 aliphatic carbocycles. The van der Waals surface area contributed by atoms with Crippen molar-refractivity contribution in [2.45, 2.75) is 6.92 Å². The van der Waals surface area contributed by atoms with Crippen molar-refractivity contribution in [3.63, 3.8) is 0 Å². The van der Waals surface area contributed by atoms with Crippen molar-refractivity contribution in [3.8, 4) is 0 Å². The Morgan fingerprint density at radius 1 is 1.43 bits per heavy atom. The number of likely N-dealkylation sites (N-methyl/N-ethyl adjacent to an activating group) is 1. The van der Waals surface area contributed by atoms with Gasteiger partial charge in [-0.25, -0.2) is 4.99 Å². The number of thiocarbonyl (C=S) groups is 1. The van der Waals surface area contributed by atoms with Gasteiger partial charge in [0, 0.05) is 24.9 Å². The van der Waals surface area contributed by atoms with Crippen LogP contribution in [0.15, 0.2) is 29.3 Å². The quantitative estimate of drug-likeness (QED) is 0.658. The van der Waals surface area contributed by atoms with Crippen LogP contribution in [0.5, 0.6) is 0 Å². The maximum Gasteiger partial charge on any atom is 0.276 e. The predicted molar refractivity (Wildman–Crippen MR) is 85.6 cm³/mol. The van der Waals surface area contributed by atoms with Gasteiger partial charge in [0.15, 0.2) is 5.11 Å². The molecule has 21 heavy (non-hydrogen) atoms. The molecule has 0 saturated carbocycles. The Hall–Kier alpha value is -2.12. The van der Waals surface area contributed by atoms with E-state index in [2.05, 4.69) is 4.99 Å². The topological polar surface area (TPSA) is 79.0 Å². The van der Waals surface area contributed by atoms with Gasteiger partial charge >= 0.3 is 0 Å². The van der Waals surface area contributed by atoms with Crippen LogP contribution in [0.3, 0.4) is 0 Å². The second-order valence-corrected chi connectivity index (χ2v) is 4.79. The van der Waals surface area contributed by atoms with Crippen LogP contribution in [0.25, 0.3) is 0 Å². The molecule has 1 aromatic carbocycles. The number of aliphatic imine (C=N–C) groups is 1. The van der Waals surface area contributed by atoms with E-state index in [1.807, 2.05) is 11.8 Å². The minimum atomic E-state index is -0.363. The lowest BCUT2D eigenvalue weighted by molar-refractivity contribution is -0.116. The van der Waals surface area contributed by atoms with Crippen molar-refractivity contribution >= 4 is 41.0 Å². The zero-order chi connectivity index (χ0) is 15.4. The highest BCUT2D eigenvalue weighted by molar-refractivity contribution is 7.80. The highest BCUT2D eigenvalue weighted by Crippen LogP contribution is 2.22. The van der Waals surface area contributed by atoms with Crippen molar-refractivity contribution in [2.24, 2.45) is 10.7 Å². The van der Waals surface area contributed by atoms with Crippen LogP contribution in [-0.4, -0.2) is 47.7 Å². The minimum Gasteiger partial charge on any atom is -0.339 e. The summed E-state index contributed by atoms with van der Waals surface area (Å²) in [6.45, 7) is 3.13. The van der Waals surface area contributed by atoms with Crippen LogP contribution in [0, 0.1) is 0 Å². The lowest BCUT2D eigenvalue weighted by atomic mass is 10.2. The molecule has 2 amide bonds. The van der Waals surface area contributed by atoms with Crippen LogP contribution in [-0.2, 0) is 4.79 Å². The Balaban J connectivity index is 2.19. The van der Waals surface area contributed by atoms with Gasteiger partial charge in [0.25, 0.3) is 11.8 Å². The fourth-order valence-corrected chi connectivity index (χ4v) is 2.42. The molecule has 1 heterocycles. The third-order valence-electron chi connectivity index (χ3n) is 3.11. The van der Waals surface area contributed by atoms with Crippen molar-refractivity contribution in [1.82, 2.24) is 4.90 Å². The van der Waals surface area contributed by atoms with Crippen LogP contribution in [0.2, 0.25) is 0 Å². The van der Waals surface area contributed by atoms with Gasteiger partial charge in [-0.2, -0.15) is 0 Å². The molecule has 1 fully saturated rings. The van der Waals surface area contributed by atoms with Gasteiger partial charge in [0.2, 0.25) is 0 Å². The molecule has 110 valence electrons. The summed E-state index contributed by atoms with van der Waals surface area (Å²) in [6, 6.07) is 6.62. The van der Waals surface area contributed by atoms with E-state index in [9.17, 15) is 9.59 Å². The summed E-state index contributed by atoms with van der Waals surface area (Å²) >= 11 is 5.29. The van der Waals surface area contributed by atoms with Crippen molar-refractivity contribution in [1.29, 1.82) is 0 Å². The monoisotopic (exact) mass is 304 g/mol. The number of amides is 2. The zero-order valence-electron chi connectivity index (χ0n) is 11.7. The number of nitrogens with zero attached hydrogens (tertiary/aromatic N) is 3. The highest BCUT2D eigenvalue weighted by Gasteiger charge is 2.32. The summed E-state index contributed by atoms with van der Waals surface area (Å²) in [5.74, 6) is -0.431. The number of nitrogens with two attached hydrogens (primary N) is 1. The Bertz CT molecular complexity index is 597. The second-order valence-electron chi connectivity index (χ2n) is 4.43. The van der Waals surface area contributed by atoms with E-state index in [1.54, 1.807) is 24.3 Å². The maximum atomic E-state index is 12.0. The molecule has 1 aromatic rings. The van der Waals surface area contributed by atoms with Crippen molar-refractivity contribution in [3.05, 3.63) is 29.8 Å². The van der Waals surface area contributed by atoms with Crippen LogP contribution in [0.4, 0.5) is 5.69 Å². The molecule has 2 rings (SSSR count). The Kier molecular flexibility index (Phi) is 4.77. The van der Waals surface area contributed by atoms with E-state index in [0.717, 1.165) is 0 Å². The number of hydrogen-bond acceptors (Lipinski definition) is 4. The van der Waals surface area contributed by atoms with Gasteiger partial charge in [-0.05, 0) is 43.4 Å². The largest absolute Gasteiger partial charge is 0.339 e. The molecule has 0 aromatic heterocycles. The van der Waals surface area contributed by atoms with E-state index in [1.165, 1.54) is 11.1 Å². The molecule has 1 aliphatic heterocycles. The lowest BCUT2D eigenvalue weighted by Gasteiger charge is -2.18. The first-order valence-electron chi connectivity index (χ1n) is 6.57. The number of carbonyl (C=O) groups excluding carboxylic acids is 2. The van der Waals surface area contributed by atoms with E-state index >= 15 is 0 Å². The molecule has 0 atom stereocenters. The molecule has 0 bridgehead atoms. The van der Waals surface area contributed by atoms with Gasteiger partial charge < -0.3 is 10.6 Å². The smallest absolute Gasteiger partial charge is 0.276 e. The number of rotatable bonds is 4. The molecule has 6 nitrogen and oxygen atoms in total. The molecule has 1 saturated heterocycles. The highest BCUT2D eigenvalue weighted by atomic mass is 32.1. The third-order valence-corrected chi connectivity index (χ3v) is 3.55. The molecule has 0 spiro atoms. The van der Waals surface area contributed by atoms with E-state index in [4.69, 9.17) is 18.0 Å². The van der Waals surface area contributed by atoms with Crippen molar-refractivity contribution < 1.29 is 9.59 Å². The first kappa shape index (κ1) is 15.3. The van der Waals surface area contributed by atoms with Crippen LogP contribution >= 0.6 is 12.2 Å². The summed E-state index contributed by atoms with van der Waals surface area (Å²) in [5.41, 5.74) is 6.35. The fraction of sp³-hybridized carbons (Fsp3) is 0.286. The number of benzene rings is 1. The summed E-state index contributed by atoms with van der Waals surface area (Å²) in [7, 11) is 0.